The Kier molecular flexibility index (Phi) is 4.96. The first-order valence-corrected chi connectivity index (χ1v) is 8.36. The van der Waals surface area contributed by atoms with E-state index >= 15 is 0 Å². The van der Waals surface area contributed by atoms with Crippen LogP contribution in [0.1, 0.15) is 43.0 Å². The first-order valence-electron chi connectivity index (χ1n) is 8.36. The molecule has 0 spiro atoms. The van der Waals surface area contributed by atoms with Gasteiger partial charge in [-0.3, -0.25) is 4.79 Å². The second-order valence-corrected chi connectivity index (χ2v) is 6.28. The zero-order valence-electron chi connectivity index (χ0n) is 13.5. The molecule has 0 bridgehead atoms. The molecular weight excluding hydrogens is 286 g/mol. The fourth-order valence-corrected chi connectivity index (χ4v) is 3.11. The van der Waals surface area contributed by atoms with Gasteiger partial charge in [-0.2, -0.15) is 0 Å². The van der Waals surface area contributed by atoms with Gasteiger partial charge in [0.1, 0.15) is 11.5 Å². The van der Waals surface area contributed by atoms with Crippen LogP contribution in [0.5, 0.6) is 11.5 Å². The highest BCUT2D eigenvalue weighted by atomic mass is 16.5. The molecule has 0 heterocycles. The van der Waals surface area contributed by atoms with Gasteiger partial charge in [0.2, 0.25) is 0 Å². The highest BCUT2D eigenvalue weighted by molar-refractivity contribution is 5.94. The summed E-state index contributed by atoms with van der Waals surface area (Å²) in [7, 11) is 0. The summed E-state index contributed by atoms with van der Waals surface area (Å²) in [6.07, 6.45) is 4.75. The summed E-state index contributed by atoms with van der Waals surface area (Å²) in [5.41, 5.74) is 0.649. The summed E-state index contributed by atoms with van der Waals surface area (Å²) in [6, 6.07) is 17.2. The van der Waals surface area contributed by atoms with Gasteiger partial charge in [0.05, 0.1) is 0 Å². The van der Waals surface area contributed by atoms with Crippen LogP contribution in [0.15, 0.2) is 54.6 Å². The van der Waals surface area contributed by atoms with E-state index in [0.29, 0.717) is 17.2 Å². The van der Waals surface area contributed by atoms with Gasteiger partial charge < -0.3 is 10.1 Å². The van der Waals surface area contributed by atoms with Gasteiger partial charge in [0.15, 0.2) is 0 Å². The van der Waals surface area contributed by atoms with E-state index < -0.39 is 0 Å². The molecule has 1 aliphatic rings. The molecule has 1 fully saturated rings. The molecule has 2 aromatic carbocycles. The summed E-state index contributed by atoms with van der Waals surface area (Å²) >= 11 is 0. The molecule has 0 aliphatic heterocycles. The van der Waals surface area contributed by atoms with E-state index in [1.165, 1.54) is 19.3 Å². The number of benzene rings is 2. The molecule has 0 radical (unpaired) electrons. The van der Waals surface area contributed by atoms with Gasteiger partial charge in [-0.15, -0.1) is 0 Å². The van der Waals surface area contributed by atoms with Crippen LogP contribution < -0.4 is 10.1 Å². The van der Waals surface area contributed by atoms with E-state index in [2.05, 4.69) is 12.2 Å². The van der Waals surface area contributed by atoms with Crippen LogP contribution in [0.2, 0.25) is 0 Å². The van der Waals surface area contributed by atoms with Crippen LogP contribution in [0.3, 0.4) is 0 Å². The number of hydrogen-bond acceptors (Lipinski definition) is 2. The molecule has 3 rings (SSSR count). The maximum absolute atomic E-state index is 12.5. The quantitative estimate of drug-likeness (QED) is 0.882. The van der Waals surface area contributed by atoms with E-state index in [9.17, 15) is 4.79 Å². The smallest absolute Gasteiger partial charge is 0.251 e. The third kappa shape index (κ3) is 4.13. The van der Waals surface area contributed by atoms with E-state index in [-0.39, 0.29) is 11.9 Å². The first-order chi connectivity index (χ1) is 11.2. The molecule has 3 nitrogen and oxygen atoms in total. The maximum atomic E-state index is 12.5. The molecular formula is C20H23NO2. The van der Waals surface area contributed by atoms with Crippen molar-refractivity contribution >= 4 is 5.91 Å². The lowest BCUT2D eigenvalue weighted by Crippen LogP contribution is -2.41. The van der Waals surface area contributed by atoms with Gasteiger partial charge in [-0.1, -0.05) is 44.0 Å². The van der Waals surface area contributed by atoms with Gasteiger partial charge in [0.25, 0.3) is 5.91 Å². The molecule has 1 N–H and O–H groups in total. The number of rotatable bonds is 4. The topological polar surface area (TPSA) is 38.3 Å². The molecule has 0 aromatic heterocycles. The molecule has 23 heavy (non-hydrogen) atoms. The van der Waals surface area contributed by atoms with Crippen LogP contribution in [0.4, 0.5) is 0 Å². The van der Waals surface area contributed by atoms with E-state index in [1.807, 2.05) is 48.5 Å². The summed E-state index contributed by atoms with van der Waals surface area (Å²) in [5, 5.41) is 3.18. The Hall–Kier alpha value is -2.29. The summed E-state index contributed by atoms with van der Waals surface area (Å²) in [6.45, 7) is 2.22. The molecule has 1 amide bonds. The first kappa shape index (κ1) is 15.6. The lowest BCUT2D eigenvalue weighted by atomic mass is 9.86. The predicted octanol–water partition coefficient (Wildman–Crippen LogP) is 4.79. The zero-order chi connectivity index (χ0) is 16.1. The summed E-state index contributed by atoms with van der Waals surface area (Å²) in [5.74, 6) is 1.99. The highest BCUT2D eigenvalue weighted by Gasteiger charge is 2.23. The Morgan fingerprint density at radius 3 is 2.52 bits per heavy atom. The fourth-order valence-electron chi connectivity index (χ4n) is 3.11. The molecule has 120 valence electrons. The molecule has 2 aromatic rings. The third-order valence-corrected chi connectivity index (χ3v) is 4.50. The van der Waals surface area contributed by atoms with Crippen molar-refractivity contribution < 1.29 is 9.53 Å². The van der Waals surface area contributed by atoms with Crippen molar-refractivity contribution in [2.45, 2.75) is 38.6 Å². The van der Waals surface area contributed by atoms with Crippen molar-refractivity contribution in [2.75, 3.05) is 0 Å². The minimum atomic E-state index is -0.0118. The van der Waals surface area contributed by atoms with Gasteiger partial charge >= 0.3 is 0 Å². The van der Waals surface area contributed by atoms with Crippen molar-refractivity contribution in [3.63, 3.8) is 0 Å². The standard InChI is InChI=1S/C20H23NO2/c1-15-8-5-6-13-19(15)21-20(22)16-9-7-12-18(14-16)23-17-10-3-2-4-11-17/h2-4,7,9-12,14-15,19H,5-6,8,13H2,1H3,(H,21,22)/t15-,19+/m0/s1. The van der Waals surface area contributed by atoms with Gasteiger partial charge in [0, 0.05) is 11.6 Å². The van der Waals surface area contributed by atoms with E-state index in [0.717, 1.165) is 12.2 Å². The average molecular weight is 309 g/mol. The second-order valence-electron chi connectivity index (χ2n) is 6.28. The van der Waals surface area contributed by atoms with Crippen molar-refractivity contribution in [1.29, 1.82) is 0 Å². The highest BCUT2D eigenvalue weighted by Crippen LogP contribution is 2.25. The lowest BCUT2D eigenvalue weighted by Gasteiger charge is -2.29. The van der Waals surface area contributed by atoms with E-state index in [4.69, 9.17) is 4.74 Å². The van der Waals surface area contributed by atoms with Gasteiger partial charge in [-0.05, 0) is 49.1 Å². The summed E-state index contributed by atoms with van der Waals surface area (Å²) < 4.78 is 5.80. The number of ether oxygens (including phenoxy) is 1. The monoisotopic (exact) mass is 309 g/mol. The number of carbonyl (C=O) groups is 1. The minimum absolute atomic E-state index is 0.0118. The molecule has 0 unspecified atom stereocenters. The van der Waals surface area contributed by atoms with Crippen LogP contribution >= 0.6 is 0 Å². The third-order valence-electron chi connectivity index (χ3n) is 4.50. The van der Waals surface area contributed by atoms with Crippen LogP contribution in [-0.4, -0.2) is 11.9 Å². The van der Waals surface area contributed by atoms with Crippen molar-refractivity contribution in [1.82, 2.24) is 5.32 Å². The summed E-state index contributed by atoms with van der Waals surface area (Å²) in [4.78, 5) is 12.5. The Bertz CT molecular complexity index is 654. The Labute approximate surface area is 137 Å². The number of para-hydroxylation sites is 1. The van der Waals surface area contributed by atoms with Crippen LogP contribution in [-0.2, 0) is 0 Å². The van der Waals surface area contributed by atoms with Crippen molar-refractivity contribution in [3.8, 4) is 11.5 Å². The second kappa shape index (κ2) is 7.32. The number of amides is 1. The van der Waals surface area contributed by atoms with Crippen LogP contribution in [0, 0.1) is 5.92 Å². The van der Waals surface area contributed by atoms with Crippen molar-refractivity contribution in [2.24, 2.45) is 5.92 Å². The molecule has 3 heteroatoms. The fraction of sp³-hybridized carbons (Fsp3) is 0.350. The normalized spacial score (nSPS) is 20.7. The molecule has 1 saturated carbocycles. The molecule has 1 aliphatic carbocycles. The molecule has 2 atom stereocenters. The zero-order valence-corrected chi connectivity index (χ0v) is 13.5. The number of carbonyl (C=O) groups excluding carboxylic acids is 1. The van der Waals surface area contributed by atoms with Crippen LogP contribution in [0.25, 0.3) is 0 Å². The minimum Gasteiger partial charge on any atom is -0.457 e. The lowest BCUT2D eigenvalue weighted by molar-refractivity contribution is 0.0910. The Morgan fingerprint density at radius 2 is 1.74 bits per heavy atom. The SMILES string of the molecule is C[C@H]1CCCC[C@H]1NC(=O)c1cccc(Oc2ccccc2)c1. The average Bonchev–Trinajstić information content (AvgIpc) is 2.58. The number of hydrogen-bond donors (Lipinski definition) is 1. The van der Waals surface area contributed by atoms with Crippen molar-refractivity contribution in [3.05, 3.63) is 60.2 Å². The maximum Gasteiger partial charge on any atom is 0.251 e. The predicted molar refractivity (Wildman–Crippen MR) is 91.8 cm³/mol. The van der Waals surface area contributed by atoms with Gasteiger partial charge in [-0.25, -0.2) is 0 Å². The largest absolute Gasteiger partial charge is 0.457 e. The number of nitrogens with one attached hydrogen (secondary N) is 1. The Morgan fingerprint density at radius 1 is 1.00 bits per heavy atom. The Balaban J connectivity index is 1.67. The molecule has 0 saturated heterocycles. The van der Waals surface area contributed by atoms with E-state index in [1.54, 1.807) is 6.07 Å².